The van der Waals surface area contributed by atoms with Crippen LogP contribution in [0.4, 0.5) is 0 Å². The average molecular weight is 290 g/mol. The van der Waals surface area contributed by atoms with Crippen LogP contribution >= 0.6 is 11.8 Å². The number of carboxylic acids is 1. The number of carboxylic acid groups (broad SMARTS) is 1. The predicted octanol–water partition coefficient (Wildman–Crippen LogP) is 0.470. The summed E-state index contributed by atoms with van der Waals surface area (Å²) in [6.07, 6.45) is 0. The summed E-state index contributed by atoms with van der Waals surface area (Å²) in [5.74, 6) is -0.929. The third-order valence-corrected chi connectivity index (χ3v) is 3.62. The molecule has 7 heteroatoms. The van der Waals surface area contributed by atoms with Gasteiger partial charge in [-0.05, 0) is 12.8 Å². The maximum atomic E-state index is 11.6. The summed E-state index contributed by atoms with van der Waals surface area (Å²) in [5.41, 5.74) is 0. The molecule has 0 rings (SSSR count). The van der Waals surface area contributed by atoms with Crippen LogP contribution in [0.2, 0.25) is 0 Å². The second-order valence-electron chi connectivity index (χ2n) is 4.71. The molecule has 0 aliphatic heterocycles. The van der Waals surface area contributed by atoms with E-state index in [1.165, 1.54) is 18.7 Å². The molecule has 0 saturated heterocycles. The lowest BCUT2D eigenvalue weighted by atomic mass is 10.1. The lowest BCUT2D eigenvalue weighted by Crippen LogP contribution is -2.42. The van der Waals surface area contributed by atoms with E-state index in [2.05, 4.69) is 10.6 Å². The van der Waals surface area contributed by atoms with E-state index >= 15 is 0 Å². The Balaban J connectivity index is 4.02. The van der Waals surface area contributed by atoms with Crippen LogP contribution < -0.4 is 10.6 Å². The van der Waals surface area contributed by atoms with Crippen LogP contribution in [0.25, 0.3) is 0 Å². The van der Waals surface area contributed by atoms with Gasteiger partial charge in [-0.15, -0.1) is 11.8 Å². The predicted molar refractivity (Wildman–Crippen MR) is 75.0 cm³/mol. The van der Waals surface area contributed by atoms with Crippen LogP contribution in [0.15, 0.2) is 0 Å². The standard InChI is InChI=1S/C12H22N2O4S/c1-7(2)8(3)13-11(16)6-19-5-10(12(17)18)14-9(4)15/h7-8,10H,5-6H2,1-4H3,(H,13,16)(H,14,15)(H,17,18). The monoisotopic (exact) mass is 290 g/mol. The van der Waals surface area contributed by atoms with Crippen molar-refractivity contribution in [3.63, 3.8) is 0 Å². The maximum Gasteiger partial charge on any atom is 0.327 e. The summed E-state index contributed by atoms with van der Waals surface area (Å²) < 4.78 is 0. The van der Waals surface area contributed by atoms with E-state index in [1.54, 1.807) is 0 Å². The first-order valence-corrected chi connectivity index (χ1v) is 7.26. The molecule has 19 heavy (non-hydrogen) atoms. The van der Waals surface area contributed by atoms with Gasteiger partial charge in [0.1, 0.15) is 6.04 Å². The summed E-state index contributed by atoms with van der Waals surface area (Å²) in [4.78, 5) is 33.2. The van der Waals surface area contributed by atoms with Crippen molar-refractivity contribution in [3.8, 4) is 0 Å². The second kappa shape index (κ2) is 8.79. The van der Waals surface area contributed by atoms with Gasteiger partial charge in [-0.25, -0.2) is 4.79 Å². The van der Waals surface area contributed by atoms with Gasteiger partial charge in [-0.1, -0.05) is 13.8 Å². The topological polar surface area (TPSA) is 95.5 Å². The molecule has 0 bridgehead atoms. The third kappa shape index (κ3) is 8.47. The first-order valence-electron chi connectivity index (χ1n) is 6.11. The highest BCUT2D eigenvalue weighted by Crippen LogP contribution is 2.05. The lowest BCUT2D eigenvalue weighted by Gasteiger charge is -2.17. The van der Waals surface area contributed by atoms with E-state index in [-0.39, 0.29) is 23.5 Å². The van der Waals surface area contributed by atoms with Gasteiger partial charge in [-0.2, -0.15) is 0 Å². The van der Waals surface area contributed by atoms with Crippen LogP contribution in [-0.2, 0) is 14.4 Å². The minimum Gasteiger partial charge on any atom is -0.480 e. The normalized spacial score (nSPS) is 13.7. The molecule has 110 valence electrons. The third-order valence-electron chi connectivity index (χ3n) is 2.58. The van der Waals surface area contributed by atoms with Crippen LogP contribution in [-0.4, -0.2) is 46.5 Å². The summed E-state index contributed by atoms with van der Waals surface area (Å²) >= 11 is 1.19. The van der Waals surface area contributed by atoms with Gasteiger partial charge in [0.15, 0.2) is 0 Å². The van der Waals surface area contributed by atoms with Gasteiger partial charge in [0.2, 0.25) is 11.8 Å². The molecule has 0 spiro atoms. The highest BCUT2D eigenvalue weighted by Gasteiger charge is 2.19. The SMILES string of the molecule is CC(=O)NC(CSCC(=O)NC(C)C(C)C)C(=O)O. The Labute approximate surface area is 117 Å². The molecule has 0 fully saturated rings. The molecule has 0 radical (unpaired) electrons. The van der Waals surface area contributed by atoms with Gasteiger partial charge in [0.05, 0.1) is 5.75 Å². The number of hydrogen-bond donors (Lipinski definition) is 3. The van der Waals surface area contributed by atoms with E-state index in [0.29, 0.717) is 5.92 Å². The van der Waals surface area contributed by atoms with Crippen molar-refractivity contribution in [2.75, 3.05) is 11.5 Å². The fourth-order valence-electron chi connectivity index (χ4n) is 1.15. The van der Waals surface area contributed by atoms with Crippen molar-refractivity contribution in [1.82, 2.24) is 10.6 Å². The molecule has 3 N–H and O–H groups in total. The van der Waals surface area contributed by atoms with Crippen molar-refractivity contribution in [2.45, 2.75) is 39.8 Å². The Morgan fingerprint density at radius 3 is 2.16 bits per heavy atom. The fraction of sp³-hybridized carbons (Fsp3) is 0.750. The molecular weight excluding hydrogens is 268 g/mol. The molecular formula is C12H22N2O4S. The molecule has 2 unspecified atom stereocenters. The zero-order valence-electron chi connectivity index (χ0n) is 11.7. The van der Waals surface area contributed by atoms with Crippen LogP contribution in [0.1, 0.15) is 27.7 Å². The highest BCUT2D eigenvalue weighted by molar-refractivity contribution is 8.00. The van der Waals surface area contributed by atoms with Crippen molar-refractivity contribution < 1.29 is 19.5 Å². The zero-order chi connectivity index (χ0) is 15.0. The van der Waals surface area contributed by atoms with Gasteiger partial charge in [-0.3, -0.25) is 9.59 Å². The number of thioether (sulfide) groups is 1. The largest absolute Gasteiger partial charge is 0.480 e. The average Bonchev–Trinajstić information content (AvgIpc) is 2.26. The number of carbonyl (C=O) groups is 3. The van der Waals surface area contributed by atoms with E-state index in [1.807, 2.05) is 20.8 Å². The summed E-state index contributed by atoms with van der Waals surface area (Å²) in [6, 6.07) is -0.878. The van der Waals surface area contributed by atoms with E-state index in [0.717, 1.165) is 0 Å². The van der Waals surface area contributed by atoms with Gasteiger partial charge in [0, 0.05) is 18.7 Å². The molecule has 0 aromatic carbocycles. The Morgan fingerprint density at radius 1 is 1.16 bits per heavy atom. The Morgan fingerprint density at radius 2 is 1.74 bits per heavy atom. The Bertz CT molecular complexity index is 334. The van der Waals surface area contributed by atoms with Crippen molar-refractivity contribution in [3.05, 3.63) is 0 Å². The molecule has 2 amide bonds. The van der Waals surface area contributed by atoms with Crippen molar-refractivity contribution in [2.24, 2.45) is 5.92 Å². The first kappa shape index (κ1) is 17.8. The number of carbonyl (C=O) groups excluding carboxylic acids is 2. The van der Waals surface area contributed by atoms with E-state index < -0.39 is 17.9 Å². The zero-order valence-corrected chi connectivity index (χ0v) is 12.5. The van der Waals surface area contributed by atoms with Gasteiger partial charge in [0.25, 0.3) is 0 Å². The van der Waals surface area contributed by atoms with Crippen LogP contribution in [0, 0.1) is 5.92 Å². The lowest BCUT2D eigenvalue weighted by molar-refractivity contribution is -0.140. The Hall–Kier alpha value is -1.24. The molecule has 0 aliphatic carbocycles. The number of amides is 2. The summed E-state index contributed by atoms with van der Waals surface area (Å²) in [5, 5.41) is 14.0. The molecule has 0 heterocycles. The van der Waals surface area contributed by atoms with Crippen LogP contribution in [0.3, 0.4) is 0 Å². The quantitative estimate of drug-likeness (QED) is 0.604. The van der Waals surface area contributed by atoms with Crippen molar-refractivity contribution >= 4 is 29.5 Å². The molecule has 0 aliphatic rings. The van der Waals surface area contributed by atoms with Gasteiger partial charge < -0.3 is 15.7 Å². The van der Waals surface area contributed by atoms with Crippen LogP contribution in [0.5, 0.6) is 0 Å². The van der Waals surface area contributed by atoms with Crippen molar-refractivity contribution in [1.29, 1.82) is 0 Å². The number of rotatable bonds is 8. The number of nitrogens with one attached hydrogen (secondary N) is 2. The first-order chi connectivity index (χ1) is 8.73. The molecule has 6 nitrogen and oxygen atoms in total. The second-order valence-corrected chi connectivity index (χ2v) is 5.74. The number of hydrogen-bond acceptors (Lipinski definition) is 4. The smallest absolute Gasteiger partial charge is 0.327 e. The Kier molecular flexibility index (Phi) is 8.22. The van der Waals surface area contributed by atoms with E-state index in [9.17, 15) is 14.4 Å². The fourth-order valence-corrected chi connectivity index (χ4v) is 2.00. The minimum absolute atomic E-state index is 0.0821. The van der Waals surface area contributed by atoms with E-state index in [4.69, 9.17) is 5.11 Å². The highest BCUT2D eigenvalue weighted by atomic mass is 32.2. The van der Waals surface area contributed by atoms with Gasteiger partial charge >= 0.3 is 5.97 Å². The maximum absolute atomic E-state index is 11.6. The molecule has 2 atom stereocenters. The summed E-state index contributed by atoms with van der Waals surface area (Å²) in [7, 11) is 0. The molecule has 0 aromatic rings. The molecule has 0 saturated carbocycles. The summed E-state index contributed by atoms with van der Waals surface area (Å²) in [6.45, 7) is 7.20. The number of aliphatic carboxylic acids is 1. The molecule has 0 aromatic heterocycles. The minimum atomic E-state index is -1.10.